The minimum Gasteiger partial charge on any atom is -0.468 e. The van der Waals surface area contributed by atoms with Crippen molar-refractivity contribution in [2.24, 2.45) is 0 Å². The minimum absolute atomic E-state index is 0.0771. The monoisotopic (exact) mass is 374 g/mol. The fourth-order valence-corrected chi connectivity index (χ4v) is 4.32. The first-order chi connectivity index (χ1) is 12.1. The lowest BCUT2D eigenvalue weighted by Gasteiger charge is -2.21. The number of methoxy groups -OCH3 is 1. The summed E-state index contributed by atoms with van der Waals surface area (Å²) >= 11 is 2.84. The second-order valence-electron chi connectivity index (χ2n) is 5.65. The standard InChI is InChI=1S/C16H14N4O3S2/c1-23-14(22)8-25-16-18-15-17-11-5-9(13-3-2-4-24-13)6-12(21)10(11)7-20(15)19-16/h2-4,7,9H,5-6,8H2,1H3. The summed E-state index contributed by atoms with van der Waals surface area (Å²) in [5.74, 6) is 0.474. The number of hydrogen-bond acceptors (Lipinski definition) is 8. The Balaban J connectivity index is 1.64. The van der Waals surface area contributed by atoms with Gasteiger partial charge in [-0.25, -0.2) is 9.50 Å². The number of thioether (sulfide) groups is 1. The molecule has 7 nitrogen and oxygen atoms in total. The van der Waals surface area contributed by atoms with Gasteiger partial charge in [-0.1, -0.05) is 17.8 Å². The molecule has 0 N–H and O–H groups in total. The second-order valence-corrected chi connectivity index (χ2v) is 7.57. The number of aromatic nitrogens is 4. The van der Waals surface area contributed by atoms with E-state index in [2.05, 4.69) is 25.9 Å². The molecule has 0 saturated heterocycles. The van der Waals surface area contributed by atoms with Crippen LogP contribution in [0.25, 0.3) is 5.78 Å². The molecule has 9 heteroatoms. The largest absolute Gasteiger partial charge is 0.468 e. The van der Waals surface area contributed by atoms with Crippen molar-refractivity contribution in [3.63, 3.8) is 0 Å². The van der Waals surface area contributed by atoms with E-state index in [0.717, 1.165) is 12.1 Å². The molecule has 3 heterocycles. The van der Waals surface area contributed by atoms with Crippen LogP contribution in [-0.2, 0) is 16.0 Å². The smallest absolute Gasteiger partial charge is 0.316 e. The molecule has 0 spiro atoms. The van der Waals surface area contributed by atoms with Crippen LogP contribution in [-0.4, -0.2) is 44.2 Å². The Bertz CT molecular complexity index is 952. The normalized spacial score (nSPS) is 16.8. The van der Waals surface area contributed by atoms with Crippen LogP contribution in [0.5, 0.6) is 0 Å². The summed E-state index contributed by atoms with van der Waals surface area (Å²) in [6.07, 6.45) is 2.90. The van der Waals surface area contributed by atoms with Gasteiger partial charge in [-0.3, -0.25) is 9.59 Å². The molecule has 1 aliphatic carbocycles. The maximum absolute atomic E-state index is 12.5. The summed E-state index contributed by atoms with van der Waals surface area (Å²) < 4.78 is 6.11. The number of thiophene rings is 1. The first-order valence-electron chi connectivity index (χ1n) is 7.66. The van der Waals surface area contributed by atoms with Crippen molar-refractivity contribution in [2.75, 3.05) is 12.9 Å². The fourth-order valence-electron chi connectivity index (χ4n) is 2.83. The highest BCUT2D eigenvalue weighted by atomic mass is 32.2. The number of ketones is 1. The maximum Gasteiger partial charge on any atom is 0.316 e. The van der Waals surface area contributed by atoms with E-state index in [0.29, 0.717) is 22.9 Å². The second kappa shape index (κ2) is 6.57. The number of carbonyl (C=O) groups excluding carboxylic acids is 2. The van der Waals surface area contributed by atoms with E-state index >= 15 is 0 Å². The van der Waals surface area contributed by atoms with Crippen LogP contribution in [0.4, 0.5) is 0 Å². The van der Waals surface area contributed by atoms with Crippen LogP contribution < -0.4 is 0 Å². The number of fused-ring (bicyclic) bond motifs is 2. The predicted molar refractivity (Wildman–Crippen MR) is 93.2 cm³/mol. The molecule has 0 saturated carbocycles. The molecule has 25 heavy (non-hydrogen) atoms. The molecule has 1 atom stereocenters. The Morgan fingerprint density at radius 2 is 2.32 bits per heavy atom. The van der Waals surface area contributed by atoms with Gasteiger partial charge in [0.15, 0.2) is 5.78 Å². The summed E-state index contributed by atoms with van der Waals surface area (Å²) in [4.78, 5) is 33.8. The highest BCUT2D eigenvalue weighted by Crippen LogP contribution is 2.34. The van der Waals surface area contributed by atoms with E-state index < -0.39 is 0 Å². The molecule has 0 bridgehead atoms. The maximum atomic E-state index is 12.5. The predicted octanol–water partition coefficient (Wildman–Crippen LogP) is 2.36. The molecule has 0 aliphatic heterocycles. The minimum atomic E-state index is -0.343. The number of Topliss-reactive ketones (excluding diaryl/α,β-unsaturated/α-hetero) is 1. The molecule has 1 unspecified atom stereocenters. The molecular weight excluding hydrogens is 360 g/mol. The van der Waals surface area contributed by atoms with E-state index in [9.17, 15) is 9.59 Å². The molecule has 0 fully saturated rings. The van der Waals surface area contributed by atoms with Crippen molar-refractivity contribution < 1.29 is 14.3 Å². The average molecular weight is 374 g/mol. The third-order valence-electron chi connectivity index (χ3n) is 4.06. The average Bonchev–Trinajstić information content (AvgIpc) is 3.27. The van der Waals surface area contributed by atoms with Gasteiger partial charge in [0.2, 0.25) is 5.16 Å². The van der Waals surface area contributed by atoms with Crippen molar-refractivity contribution in [2.45, 2.75) is 23.9 Å². The van der Waals surface area contributed by atoms with Crippen molar-refractivity contribution in [3.05, 3.63) is 39.8 Å². The Morgan fingerprint density at radius 3 is 3.08 bits per heavy atom. The highest BCUT2D eigenvalue weighted by Gasteiger charge is 2.29. The van der Waals surface area contributed by atoms with Crippen molar-refractivity contribution in [3.8, 4) is 0 Å². The Labute approximate surface area is 151 Å². The summed E-state index contributed by atoms with van der Waals surface area (Å²) in [6.45, 7) is 0. The zero-order valence-electron chi connectivity index (χ0n) is 13.3. The first-order valence-corrected chi connectivity index (χ1v) is 9.53. The summed E-state index contributed by atoms with van der Waals surface area (Å²) in [5.41, 5.74) is 1.37. The van der Waals surface area contributed by atoms with Crippen LogP contribution in [0.3, 0.4) is 0 Å². The highest BCUT2D eigenvalue weighted by molar-refractivity contribution is 7.99. The van der Waals surface area contributed by atoms with Crippen LogP contribution in [0, 0.1) is 0 Å². The Morgan fingerprint density at radius 1 is 1.44 bits per heavy atom. The van der Waals surface area contributed by atoms with Gasteiger partial charge in [0, 0.05) is 23.4 Å². The van der Waals surface area contributed by atoms with Crippen LogP contribution in [0.15, 0.2) is 28.9 Å². The van der Waals surface area contributed by atoms with Gasteiger partial charge in [-0.05, 0) is 17.9 Å². The van der Waals surface area contributed by atoms with Gasteiger partial charge >= 0.3 is 5.97 Å². The third-order valence-corrected chi connectivity index (χ3v) is 5.90. The first kappa shape index (κ1) is 16.2. The lowest BCUT2D eigenvalue weighted by atomic mass is 9.86. The van der Waals surface area contributed by atoms with Crippen molar-refractivity contribution in [1.82, 2.24) is 19.6 Å². The number of hydrogen-bond donors (Lipinski definition) is 0. The SMILES string of the molecule is COC(=O)CSc1nc2nc3c(cn2n1)C(=O)CC(c1cccs1)C3. The van der Waals surface area contributed by atoms with E-state index in [4.69, 9.17) is 0 Å². The van der Waals surface area contributed by atoms with Gasteiger partial charge in [-0.15, -0.1) is 16.4 Å². The van der Waals surface area contributed by atoms with E-state index in [-0.39, 0.29) is 23.4 Å². The van der Waals surface area contributed by atoms with Gasteiger partial charge < -0.3 is 4.74 Å². The lowest BCUT2D eigenvalue weighted by molar-refractivity contribution is -0.137. The molecule has 1 aliphatic rings. The number of ether oxygens (including phenoxy) is 1. The third kappa shape index (κ3) is 3.16. The molecule has 0 aromatic carbocycles. The van der Waals surface area contributed by atoms with Crippen LogP contribution in [0.2, 0.25) is 0 Å². The summed E-state index contributed by atoms with van der Waals surface area (Å²) in [6, 6.07) is 4.06. The zero-order chi connectivity index (χ0) is 17.4. The van der Waals surface area contributed by atoms with E-state index in [1.54, 1.807) is 17.5 Å². The zero-order valence-corrected chi connectivity index (χ0v) is 15.0. The van der Waals surface area contributed by atoms with Gasteiger partial charge in [0.1, 0.15) is 0 Å². The van der Waals surface area contributed by atoms with E-state index in [1.165, 1.54) is 28.3 Å². The number of esters is 1. The quantitative estimate of drug-likeness (QED) is 0.512. The Hall–Kier alpha value is -2.26. The van der Waals surface area contributed by atoms with E-state index in [1.807, 2.05) is 11.4 Å². The van der Waals surface area contributed by atoms with Crippen molar-refractivity contribution >= 4 is 40.6 Å². The topological polar surface area (TPSA) is 86.4 Å². The molecular formula is C16H14N4O3S2. The molecule has 4 rings (SSSR count). The molecule has 3 aromatic rings. The summed E-state index contributed by atoms with van der Waals surface area (Å²) in [5, 5.41) is 6.73. The fraction of sp³-hybridized carbons (Fsp3) is 0.312. The molecule has 3 aromatic heterocycles. The lowest BCUT2D eigenvalue weighted by Crippen LogP contribution is -2.20. The van der Waals surface area contributed by atoms with Gasteiger partial charge in [0.05, 0.1) is 24.1 Å². The van der Waals surface area contributed by atoms with Crippen molar-refractivity contribution in [1.29, 1.82) is 0 Å². The Kier molecular flexibility index (Phi) is 4.26. The molecule has 128 valence electrons. The molecule has 0 amide bonds. The number of nitrogens with zero attached hydrogens (tertiary/aromatic N) is 4. The van der Waals surface area contributed by atoms with Crippen LogP contribution in [0.1, 0.15) is 33.3 Å². The van der Waals surface area contributed by atoms with Gasteiger partial charge in [-0.2, -0.15) is 4.98 Å². The number of carbonyl (C=O) groups is 2. The van der Waals surface area contributed by atoms with Gasteiger partial charge in [0.25, 0.3) is 5.78 Å². The van der Waals surface area contributed by atoms with Crippen LogP contribution >= 0.6 is 23.1 Å². The summed E-state index contributed by atoms with van der Waals surface area (Å²) in [7, 11) is 1.34. The number of rotatable bonds is 4. The molecule has 0 radical (unpaired) electrons.